The number of ether oxygens (including phenoxy) is 2. The molecule has 4 amide bonds. The highest BCUT2D eigenvalue weighted by Gasteiger charge is 2.39. The minimum Gasteiger partial charge on any atom is -0.453 e. The van der Waals surface area contributed by atoms with Crippen LogP contribution < -0.4 is 10.6 Å². The van der Waals surface area contributed by atoms with Gasteiger partial charge in [-0.2, -0.15) is 0 Å². The highest BCUT2D eigenvalue weighted by Crippen LogP contribution is 2.38. The third kappa shape index (κ3) is 7.67. The molecule has 7 rings (SSSR count). The number of aromatic nitrogens is 4. The molecule has 4 heterocycles. The zero-order chi connectivity index (χ0) is 39.7. The first-order chi connectivity index (χ1) is 26.9. The van der Waals surface area contributed by atoms with E-state index in [-0.39, 0.29) is 35.7 Å². The monoisotopic (exact) mass is 762 g/mol. The van der Waals surface area contributed by atoms with Crippen molar-refractivity contribution in [1.82, 2.24) is 40.4 Å². The zero-order valence-electron chi connectivity index (χ0n) is 32.8. The summed E-state index contributed by atoms with van der Waals surface area (Å²) < 4.78 is 9.54. The molecule has 0 unspecified atom stereocenters. The summed E-state index contributed by atoms with van der Waals surface area (Å²) in [5.41, 5.74) is 7.59. The van der Waals surface area contributed by atoms with Crippen molar-refractivity contribution < 1.29 is 28.7 Å². The third-order valence-electron chi connectivity index (χ3n) is 11.1. The Labute approximate surface area is 326 Å². The average molecular weight is 763 g/mol. The van der Waals surface area contributed by atoms with Gasteiger partial charge in [-0.3, -0.25) is 9.59 Å². The van der Waals surface area contributed by atoms with E-state index in [4.69, 9.17) is 19.4 Å². The molecule has 2 saturated heterocycles. The molecule has 0 saturated carbocycles. The summed E-state index contributed by atoms with van der Waals surface area (Å²) in [6.07, 6.45) is 3.65. The van der Waals surface area contributed by atoms with Crippen LogP contribution in [0.2, 0.25) is 0 Å². The van der Waals surface area contributed by atoms with Crippen molar-refractivity contribution in [3.05, 3.63) is 70.4 Å². The number of carbonyl (C=O) groups is 4. The van der Waals surface area contributed by atoms with E-state index in [2.05, 4.69) is 44.6 Å². The van der Waals surface area contributed by atoms with E-state index in [0.717, 1.165) is 89.3 Å². The van der Waals surface area contributed by atoms with Gasteiger partial charge in [0.1, 0.15) is 23.7 Å². The number of methoxy groups -OCH3 is 2. The van der Waals surface area contributed by atoms with Crippen LogP contribution in [0, 0.1) is 23.7 Å². The van der Waals surface area contributed by atoms with Gasteiger partial charge in [-0.15, -0.1) is 0 Å². The lowest BCUT2D eigenvalue weighted by Crippen LogP contribution is -2.51. The molecule has 2 aliphatic heterocycles. The summed E-state index contributed by atoms with van der Waals surface area (Å²) in [4.78, 5) is 71.8. The first kappa shape index (κ1) is 38.4. The fraction of sp³-hybridized carbons (Fsp3) is 0.476. The van der Waals surface area contributed by atoms with Crippen molar-refractivity contribution >= 4 is 35.0 Å². The Morgan fingerprint density at radius 3 is 1.88 bits per heavy atom. The number of nitrogens with zero attached hydrogens (tertiary/aromatic N) is 4. The van der Waals surface area contributed by atoms with Gasteiger partial charge in [0.25, 0.3) is 0 Å². The number of alkyl carbamates (subject to hydrolysis) is 2. The Morgan fingerprint density at radius 2 is 1.30 bits per heavy atom. The molecule has 56 heavy (non-hydrogen) atoms. The number of hydrogen-bond donors (Lipinski definition) is 4. The summed E-state index contributed by atoms with van der Waals surface area (Å²) in [6.45, 7) is 8.81. The molecule has 2 aromatic carbocycles. The Morgan fingerprint density at radius 1 is 0.750 bits per heavy atom. The summed E-state index contributed by atoms with van der Waals surface area (Å²) in [6, 6.07) is 10.3. The van der Waals surface area contributed by atoms with Gasteiger partial charge in [-0.25, -0.2) is 19.6 Å². The van der Waals surface area contributed by atoms with Gasteiger partial charge in [0.15, 0.2) is 0 Å². The number of nitrogens with one attached hydrogen (secondary N) is 4. The summed E-state index contributed by atoms with van der Waals surface area (Å²) in [5.74, 6) is 7.66. The molecular weight excluding hydrogens is 713 g/mol. The van der Waals surface area contributed by atoms with Crippen LogP contribution in [0.3, 0.4) is 0 Å². The van der Waals surface area contributed by atoms with Gasteiger partial charge in [0.2, 0.25) is 11.8 Å². The summed E-state index contributed by atoms with van der Waals surface area (Å²) in [5, 5.41) is 5.41. The average Bonchev–Trinajstić information content (AvgIpc) is 4.02. The van der Waals surface area contributed by atoms with Crippen LogP contribution in [0.4, 0.5) is 9.59 Å². The lowest BCUT2D eigenvalue weighted by Gasteiger charge is -2.30. The third-order valence-corrected chi connectivity index (χ3v) is 11.1. The molecular formula is C42H50N8O6. The molecule has 0 spiro atoms. The number of H-pyrrole nitrogens is 2. The molecule has 2 aromatic heterocycles. The first-order valence-electron chi connectivity index (χ1n) is 19.5. The highest BCUT2D eigenvalue weighted by atomic mass is 16.5. The fourth-order valence-corrected chi connectivity index (χ4v) is 8.16. The number of imidazole rings is 2. The minimum atomic E-state index is -0.696. The smallest absolute Gasteiger partial charge is 0.407 e. The molecule has 0 bridgehead atoms. The van der Waals surface area contributed by atoms with Crippen molar-refractivity contribution in [3.8, 4) is 23.1 Å². The Balaban J connectivity index is 1.06. The van der Waals surface area contributed by atoms with Crippen molar-refractivity contribution in [2.45, 2.75) is 90.4 Å². The van der Waals surface area contributed by atoms with Crippen LogP contribution in [0.1, 0.15) is 99.5 Å². The molecule has 4 N–H and O–H groups in total. The lowest BCUT2D eigenvalue weighted by atomic mass is 9.91. The highest BCUT2D eigenvalue weighted by molar-refractivity contribution is 5.87. The molecule has 4 atom stereocenters. The largest absolute Gasteiger partial charge is 0.453 e. The van der Waals surface area contributed by atoms with Crippen molar-refractivity contribution in [1.29, 1.82) is 0 Å². The van der Waals surface area contributed by atoms with Crippen molar-refractivity contribution in [2.75, 3.05) is 27.3 Å². The molecule has 14 heteroatoms. The van der Waals surface area contributed by atoms with E-state index in [1.165, 1.54) is 19.8 Å². The second-order valence-corrected chi connectivity index (χ2v) is 15.5. The van der Waals surface area contributed by atoms with E-state index in [9.17, 15) is 19.2 Å². The van der Waals surface area contributed by atoms with Crippen molar-refractivity contribution in [3.63, 3.8) is 0 Å². The number of benzene rings is 2. The number of hydrogen-bond acceptors (Lipinski definition) is 8. The van der Waals surface area contributed by atoms with Gasteiger partial charge in [0.05, 0.1) is 43.0 Å². The zero-order valence-corrected chi connectivity index (χ0v) is 32.8. The van der Waals surface area contributed by atoms with Crippen LogP contribution in [-0.4, -0.2) is 93.1 Å². The normalized spacial score (nSPS) is 18.6. The molecule has 2 fully saturated rings. The van der Waals surface area contributed by atoms with Gasteiger partial charge in [0, 0.05) is 35.5 Å². The molecule has 294 valence electrons. The van der Waals surface area contributed by atoms with E-state index in [1.807, 2.05) is 61.8 Å². The number of rotatable bonds is 8. The van der Waals surface area contributed by atoms with Crippen LogP contribution >= 0.6 is 0 Å². The van der Waals surface area contributed by atoms with Gasteiger partial charge in [-0.1, -0.05) is 45.6 Å². The van der Waals surface area contributed by atoms with Crippen LogP contribution in [0.25, 0.3) is 22.3 Å². The Kier molecular flexibility index (Phi) is 11.0. The Hall–Kier alpha value is -5.84. The predicted molar refractivity (Wildman–Crippen MR) is 209 cm³/mol. The van der Waals surface area contributed by atoms with Crippen molar-refractivity contribution in [2.24, 2.45) is 11.8 Å². The van der Waals surface area contributed by atoms with E-state index >= 15 is 0 Å². The lowest BCUT2D eigenvalue weighted by molar-refractivity contribution is -0.136. The maximum absolute atomic E-state index is 13.7. The number of amides is 4. The number of carbonyl (C=O) groups excluding carboxylic acids is 4. The maximum Gasteiger partial charge on any atom is 0.407 e. The number of aryl methyl sites for hydroxylation is 2. The second-order valence-electron chi connectivity index (χ2n) is 15.5. The molecule has 4 aromatic rings. The second kappa shape index (κ2) is 16.1. The van der Waals surface area contributed by atoms with Crippen LogP contribution in [0.15, 0.2) is 36.4 Å². The quantitative estimate of drug-likeness (QED) is 0.169. The topological polar surface area (TPSA) is 175 Å². The van der Waals surface area contributed by atoms with Crippen LogP contribution in [0.5, 0.6) is 0 Å². The van der Waals surface area contributed by atoms with Gasteiger partial charge < -0.3 is 39.9 Å². The number of aromatic amines is 2. The minimum absolute atomic E-state index is 0.104. The summed E-state index contributed by atoms with van der Waals surface area (Å²) in [7, 11) is 2.58. The SMILES string of the molecule is COC(=O)N[C@H](C(=O)N1CCC[C@H]1c1nc2c([nH]1)CCc1cc(C#Cc3ccc4nc([C@@H]5CCCN5C(=O)[C@H](NC(=O)OC)C(C)C)[nH]c4c3)ccc1-2)C(C)C. The molecule has 3 aliphatic rings. The van der Waals surface area contributed by atoms with E-state index in [1.54, 1.807) is 0 Å². The van der Waals surface area contributed by atoms with E-state index < -0.39 is 24.3 Å². The van der Waals surface area contributed by atoms with E-state index in [0.29, 0.717) is 13.1 Å². The molecule has 14 nitrogen and oxygen atoms in total. The van der Waals surface area contributed by atoms with Gasteiger partial charge >= 0.3 is 12.2 Å². The fourth-order valence-electron chi connectivity index (χ4n) is 8.16. The van der Waals surface area contributed by atoms with Gasteiger partial charge in [-0.05, 0) is 86.3 Å². The number of likely N-dealkylation sites (tertiary alicyclic amines) is 2. The molecule has 0 radical (unpaired) electrons. The molecule has 1 aliphatic carbocycles. The maximum atomic E-state index is 13.7. The summed E-state index contributed by atoms with van der Waals surface area (Å²) >= 11 is 0. The Bertz CT molecular complexity index is 2210. The number of fused-ring (bicyclic) bond motifs is 4. The van der Waals surface area contributed by atoms with Crippen LogP contribution in [-0.2, 0) is 31.9 Å². The predicted octanol–water partition coefficient (Wildman–Crippen LogP) is 5.54. The first-order valence-corrected chi connectivity index (χ1v) is 19.5. The standard InChI is InChI=1S/C42H50N8O6/c1-23(2)34(47-41(53)55-5)39(51)49-19-7-9-32(49)37-43-29-17-14-26(22-31(29)45-37)12-11-25-13-16-28-27(21-25)15-18-30-36(28)46-38(44-30)33-10-8-20-50(33)40(52)35(24(3)4)48-42(54)56-6/h13-14,16-17,21-24,32-35H,7-10,15,18-20H2,1-6H3,(H,43,45)(H,44,46)(H,47,53)(H,48,54)/t32-,33-,34+,35-/m0/s1.